The molecule has 21 aromatic carbocycles. The molecular formula is C131H92O2. The summed E-state index contributed by atoms with van der Waals surface area (Å²) in [6.07, 6.45) is 0. The summed E-state index contributed by atoms with van der Waals surface area (Å²) in [6.45, 7) is 6.89. The van der Waals surface area contributed by atoms with Crippen LogP contribution in [0.1, 0.15) is 38.9 Å². The molecule has 0 spiro atoms. The van der Waals surface area contributed by atoms with Crippen LogP contribution in [0.15, 0.2) is 491 Å². The molecule has 0 saturated heterocycles. The fraction of sp³-hybridized carbons (Fsp3) is 0.0382. The molecule has 0 bridgehead atoms. The summed E-state index contributed by atoms with van der Waals surface area (Å²) in [5, 5.41) is 0. The summed E-state index contributed by atoms with van der Waals surface area (Å²) in [5.74, 6) is 1.42. The Labute approximate surface area is 779 Å². The van der Waals surface area contributed by atoms with Crippen LogP contribution < -0.4 is 9.47 Å². The van der Waals surface area contributed by atoms with Crippen molar-refractivity contribution in [1.29, 1.82) is 0 Å². The van der Waals surface area contributed by atoms with Crippen LogP contribution in [0.25, 0.3) is 200 Å². The number of aryl methyl sites for hydroxylation is 3. The van der Waals surface area contributed by atoms with Crippen LogP contribution in [-0.2, 0) is 5.41 Å². The molecule has 1 heterocycles. The highest BCUT2D eigenvalue weighted by molar-refractivity contribution is 6.00. The average molecular weight is 1700 g/mol. The molecule has 1 aliphatic heterocycles. The Morgan fingerprint density at radius 1 is 0.158 bits per heavy atom. The lowest BCUT2D eigenvalue weighted by Crippen LogP contribution is -2.29. The maximum absolute atomic E-state index is 6.82. The van der Waals surface area contributed by atoms with E-state index in [1.54, 1.807) is 0 Å². The third-order valence-electron chi connectivity index (χ3n) is 27.0. The number of ether oxygens (including phenoxy) is 2. The van der Waals surface area contributed by atoms with E-state index < -0.39 is 5.41 Å². The number of hydrogen-bond donors (Lipinski definition) is 0. The van der Waals surface area contributed by atoms with Crippen LogP contribution in [0.5, 0.6) is 11.5 Å². The summed E-state index contributed by atoms with van der Waals surface area (Å²) >= 11 is 0. The highest BCUT2D eigenvalue weighted by Gasteiger charge is 2.49. The summed E-state index contributed by atoms with van der Waals surface area (Å²) in [4.78, 5) is 0. The van der Waals surface area contributed by atoms with Gasteiger partial charge >= 0.3 is 0 Å². The molecule has 23 rings (SSSR count). The van der Waals surface area contributed by atoms with Crippen LogP contribution in [-0.4, -0.2) is 6.79 Å². The van der Waals surface area contributed by atoms with Gasteiger partial charge in [0.1, 0.15) is 0 Å². The van der Waals surface area contributed by atoms with Crippen molar-refractivity contribution >= 4 is 0 Å². The van der Waals surface area contributed by atoms with Crippen LogP contribution in [0.3, 0.4) is 0 Å². The highest BCUT2D eigenvalue weighted by atomic mass is 16.7. The van der Waals surface area contributed by atoms with Gasteiger partial charge in [-0.05, 0) is 400 Å². The van der Waals surface area contributed by atoms with Crippen molar-refractivity contribution in [3.05, 3.63) is 530 Å². The van der Waals surface area contributed by atoms with Gasteiger partial charge in [0.25, 0.3) is 0 Å². The number of hydrogen-bond acceptors (Lipinski definition) is 2. The molecule has 0 N–H and O–H groups in total. The molecule has 2 heteroatoms. The zero-order chi connectivity index (χ0) is 88.9. The van der Waals surface area contributed by atoms with Gasteiger partial charge in [-0.1, -0.05) is 351 Å². The van der Waals surface area contributed by atoms with E-state index in [1.165, 1.54) is 22.3 Å². The van der Waals surface area contributed by atoms with Gasteiger partial charge in [-0.3, -0.25) is 0 Å². The first-order chi connectivity index (χ1) is 65.5. The summed E-state index contributed by atoms with van der Waals surface area (Å²) in [5.41, 5.74) is 47.5. The Morgan fingerprint density at radius 3 is 0.609 bits per heavy atom. The first kappa shape index (κ1) is 80.8. The Kier molecular flexibility index (Phi) is 21.1. The SMILES string of the molecule is Cc1cc(C)c(-c2cccc3c2-c2cc4c(cc2C3(c2cc(-c3cccc(-c5cc(-c6ccccc6)cc(-c6ccccc6)c5)c3)cc(-c3cccc(-c5cc(-c6ccccc6)cc(-c6ccccc6)c5)c3)c2)c2cc(-c3cccc(-c5cc(-c6ccccc6)cc(-c6ccccc6)c5)c3)cc(-c3cccc(-c5cc(-c6ccccc6)cc(-c6ccccc6)c5)c3)c2)OCO4)c(C)c1. The zero-order valence-electron chi connectivity index (χ0n) is 74.3. The van der Waals surface area contributed by atoms with Gasteiger partial charge in [0, 0.05) is 0 Å². The smallest absolute Gasteiger partial charge is 0.231 e. The molecule has 133 heavy (non-hydrogen) atoms. The van der Waals surface area contributed by atoms with Crippen molar-refractivity contribution in [1.82, 2.24) is 0 Å². The zero-order valence-corrected chi connectivity index (χ0v) is 74.3. The lowest BCUT2D eigenvalue weighted by molar-refractivity contribution is 0.174. The number of benzene rings is 21. The van der Waals surface area contributed by atoms with Crippen LogP contribution in [0.4, 0.5) is 0 Å². The normalized spacial score (nSPS) is 12.2. The van der Waals surface area contributed by atoms with E-state index in [9.17, 15) is 0 Å². The molecular weight excluding hydrogens is 1610 g/mol. The largest absolute Gasteiger partial charge is 0.454 e. The maximum atomic E-state index is 6.82. The van der Waals surface area contributed by atoms with Gasteiger partial charge in [0.15, 0.2) is 11.5 Å². The summed E-state index contributed by atoms with van der Waals surface area (Å²) in [7, 11) is 0. The minimum atomic E-state index is -1.14. The van der Waals surface area contributed by atoms with Crippen molar-refractivity contribution in [2.75, 3.05) is 6.79 Å². The van der Waals surface area contributed by atoms with Crippen LogP contribution >= 0.6 is 0 Å². The van der Waals surface area contributed by atoms with E-state index in [4.69, 9.17) is 9.47 Å². The minimum absolute atomic E-state index is 0.0962. The molecule has 1 aliphatic carbocycles. The Balaban J connectivity index is 0.819. The van der Waals surface area contributed by atoms with E-state index in [2.05, 4.69) is 512 Å². The Bertz CT molecular complexity index is 6980. The third-order valence-corrected chi connectivity index (χ3v) is 27.0. The summed E-state index contributed by atoms with van der Waals surface area (Å²) < 4.78 is 13.5. The van der Waals surface area contributed by atoms with E-state index >= 15 is 0 Å². The first-order valence-corrected chi connectivity index (χ1v) is 46.0. The monoisotopic (exact) mass is 1700 g/mol. The third kappa shape index (κ3) is 15.6. The van der Waals surface area contributed by atoms with Gasteiger partial charge in [0.05, 0.1) is 5.41 Å². The second kappa shape index (κ2) is 34.7. The first-order valence-electron chi connectivity index (χ1n) is 46.0. The van der Waals surface area contributed by atoms with Gasteiger partial charge in [-0.25, -0.2) is 0 Å². The van der Waals surface area contributed by atoms with Crippen molar-refractivity contribution in [3.63, 3.8) is 0 Å². The van der Waals surface area contributed by atoms with Crippen LogP contribution in [0.2, 0.25) is 0 Å². The fourth-order valence-electron chi connectivity index (χ4n) is 20.8. The maximum Gasteiger partial charge on any atom is 0.231 e. The molecule has 0 amide bonds. The van der Waals surface area contributed by atoms with Crippen molar-refractivity contribution in [2.24, 2.45) is 0 Å². The molecule has 21 aromatic rings. The number of fused-ring (bicyclic) bond motifs is 4. The molecule has 628 valence electrons. The molecule has 0 fully saturated rings. The Hall–Kier alpha value is -16.8. The minimum Gasteiger partial charge on any atom is -0.454 e. The van der Waals surface area contributed by atoms with E-state index in [1.807, 2.05) is 0 Å². The topological polar surface area (TPSA) is 18.5 Å². The fourth-order valence-corrected chi connectivity index (χ4v) is 20.8. The molecule has 0 radical (unpaired) electrons. The van der Waals surface area contributed by atoms with Gasteiger partial charge in [0.2, 0.25) is 6.79 Å². The molecule has 0 aromatic heterocycles. The lowest BCUT2D eigenvalue weighted by Gasteiger charge is -2.36. The van der Waals surface area contributed by atoms with Crippen molar-refractivity contribution in [3.8, 4) is 212 Å². The van der Waals surface area contributed by atoms with E-state index in [-0.39, 0.29) is 6.79 Å². The second-order valence-electron chi connectivity index (χ2n) is 35.5. The Morgan fingerprint density at radius 2 is 0.361 bits per heavy atom. The summed E-state index contributed by atoms with van der Waals surface area (Å²) in [6, 6.07) is 184. The molecule has 2 nitrogen and oxygen atoms in total. The van der Waals surface area contributed by atoms with Crippen molar-refractivity contribution in [2.45, 2.75) is 26.2 Å². The molecule has 0 unspecified atom stereocenters. The van der Waals surface area contributed by atoms with E-state index in [0.29, 0.717) is 5.75 Å². The second-order valence-corrected chi connectivity index (χ2v) is 35.5. The van der Waals surface area contributed by atoms with Crippen LogP contribution in [0, 0.1) is 20.8 Å². The van der Waals surface area contributed by atoms with Crippen molar-refractivity contribution < 1.29 is 9.47 Å². The molecule has 0 saturated carbocycles. The quantitative estimate of drug-likeness (QED) is 0.0803. The molecule has 0 atom stereocenters. The predicted octanol–water partition coefficient (Wildman–Crippen LogP) is 35.0. The average Bonchev–Trinajstić information content (AvgIpc) is 1.52. The van der Waals surface area contributed by atoms with Gasteiger partial charge in [-0.2, -0.15) is 0 Å². The standard InChI is InChI=1S/C131H92O2/c1-86-59-87(2)129(88(3)60-86)123-57-32-58-125-130(123)124-83-127-128(133-85-132-127)84-126(124)131(125,121-79-117(101-53-28-49-97(61-101)113-69-105(89-33-12-4-13-34-89)65-106(70-113)90-35-14-5-15-36-90)77-118(80-121)102-54-29-50-98(62-102)114-71-107(91-37-16-6-17-38-91)66-108(72-114)92-39-18-7-19-40-92)122-81-119(103-55-30-51-99(63-103)115-73-109(93-41-20-8-21-42-93)67-110(74-115)94-43-22-9-23-44-94)78-120(82-122)104-56-31-52-100(64-104)116-75-111(95-45-24-10-25-46-95)68-112(76-116)96-47-26-11-27-48-96/h4-84H,85H2,1-3H3. The molecule has 2 aliphatic rings. The van der Waals surface area contributed by atoms with Gasteiger partial charge < -0.3 is 9.47 Å². The lowest BCUT2D eigenvalue weighted by atomic mass is 9.65. The number of rotatable bonds is 19. The highest BCUT2D eigenvalue weighted by Crippen LogP contribution is 2.63. The predicted molar refractivity (Wildman–Crippen MR) is 556 cm³/mol. The van der Waals surface area contributed by atoms with E-state index in [0.717, 1.165) is 223 Å². The van der Waals surface area contributed by atoms with Gasteiger partial charge in [-0.15, -0.1) is 0 Å².